The van der Waals surface area contributed by atoms with Gasteiger partial charge in [0.15, 0.2) is 0 Å². The van der Waals surface area contributed by atoms with Crippen LogP contribution in [0.15, 0.2) is 22.7 Å². The third-order valence-corrected chi connectivity index (χ3v) is 4.34. The van der Waals surface area contributed by atoms with Crippen molar-refractivity contribution in [1.82, 2.24) is 4.90 Å². The number of halogens is 2. The Bertz CT molecular complexity index is 545. The van der Waals surface area contributed by atoms with Crippen LogP contribution >= 0.6 is 27.5 Å². The molecule has 2 rings (SSSR count). The number of anilines is 1. The summed E-state index contributed by atoms with van der Waals surface area (Å²) in [4.78, 5) is 24.5. The summed E-state index contributed by atoms with van der Waals surface area (Å²) in [6.07, 6.45) is 1.61. The molecular weight excluding hydrogens is 360 g/mol. The number of piperidine rings is 1. The predicted molar refractivity (Wildman–Crippen MR) is 84.7 cm³/mol. The fraction of sp³-hybridized carbons (Fsp3) is 0.429. The van der Waals surface area contributed by atoms with Crippen LogP contribution in [-0.2, 0) is 4.79 Å². The van der Waals surface area contributed by atoms with Crippen LogP contribution in [0, 0.1) is 5.92 Å². The molecule has 1 aromatic rings. The van der Waals surface area contributed by atoms with E-state index in [-0.39, 0.29) is 18.4 Å². The number of amides is 2. The average molecular weight is 376 g/mol. The quantitative estimate of drug-likeness (QED) is 0.844. The molecule has 21 heavy (non-hydrogen) atoms. The summed E-state index contributed by atoms with van der Waals surface area (Å²) in [5.74, 6) is -0.623. The highest BCUT2D eigenvalue weighted by Crippen LogP contribution is 2.27. The molecule has 2 N–H and O–H groups in total. The standard InChI is InChI=1S/C14H16BrClN2O3/c15-10-1-2-12(11(16)8-10)17-14(21)18-5-3-9(4-6-18)7-13(19)20/h1-2,8-9H,3-7H2,(H,17,21)(H,19,20). The van der Waals surface area contributed by atoms with Gasteiger partial charge in [0.2, 0.25) is 0 Å². The molecule has 0 radical (unpaired) electrons. The Morgan fingerprint density at radius 3 is 2.62 bits per heavy atom. The van der Waals surface area contributed by atoms with Crippen LogP contribution in [-0.4, -0.2) is 35.1 Å². The van der Waals surface area contributed by atoms with Gasteiger partial charge < -0.3 is 15.3 Å². The topological polar surface area (TPSA) is 69.6 Å². The third kappa shape index (κ3) is 4.61. The second-order valence-corrected chi connectivity index (χ2v) is 6.41. The summed E-state index contributed by atoms with van der Waals surface area (Å²) in [6, 6.07) is 5.06. The van der Waals surface area contributed by atoms with E-state index in [1.165, 1.54) is 0 Å². The number of nitrogens with zero attached hydrogens (tertiary/aromatic N) is 1. The highest BCUT2D eigenvalue weighted by atomic mass is 79.9. The molecule has 1 fully saturated rings. The highest BCUT2D eigenvalue weighted by molar-refractivity contribution is 9.10. The minimum absolute atomic E-state index is 0.155. The summed E-state index contributed by atoms with van der Waals surface area (Å²) >= 11 is 9.37. The van der Waals surface area contributed by atoms with Crippen LogP contribution in [0.4, 0.5) is 10.5 Å². The molecule has 0 bridgehead atoms. The van der Waals surface area contributed by atoms with Crippen LogP contribution in [0.25, 0.3) is 0 Å². The summed E-state index contributed by atoms with van der Waals surface area (Å²) < 4.78 is 0.847. The van der Waals surface area contributed by atoms with Crippen LogP contribution in [0.2, 0.25) is 5.02 Å². The zero-order valence-corrected chi connectivity index (χ0v) is 13.7. The smallest absolute Gasteiger partial charge is 0.321 e. The van der Waals surface area contributed by atoms with Gasteiger partial charge in [0.25, 0.3) is 0 Å². The molecule has 1 heterocycles. The number of carboxylic acids is 1. The van der Waals surface area contributed by atoms with Gasteiger partial charge in [-0.2, -0.15) is 0 Å². The van der Waals surface area contributed by atoms with Crippen molar-refractivity contribution in [2.75, 3.05) is 18.4 Å². The largest absolute Gasteiger partial charge is 0.481 e. The summed E-state index contributed by atoms with van der Waals surface area (Å²) in [5, 5.41) is 12.0. The number of hydrogen-bond donors (Lipinski definition) is 2. The Hall–Kier alpha value is -1.27. The number of aliphatic carboxylic acids is 1. The van der Waals surface area contributed by atoms with Crippen molar-refractivity contribution in [3.8, 4) is 0 Å². The van der Waals surface area contributed by atoms with Gasteiger partial charge in [0.05, 0.1) is 10.7 Å². The molecule has 0 atom stereocenters. The van der Waals surface area contributed by atoms with Crippen LogP contribution < -0.4 is 5.32 Å². The first-order valence-corrected chi connectivity index (χ1v) is 7.85. The van der Waals surface area contributed by atoms with Gasteiger partial charge in [0, 0.05) is 24.0 Å². The van der Waals surface area contributed by atoms with E-state index in [2.05, 4.69) is 21.2 Å². The fourth-order valence-corrected chi connectivity index (χ4v) is 3.09. The van der Waals surface area contributed by atoms with Crippen molar-refractivity contribution in [1.29, 1.82) is 0 Å². The molecule has 0 unspecified atom stereocenters. The highest BCUT2D eigenvalue weighted by Gasteiger charge is 2.24. The molecule has 0 saturated carbocycles. The number of likely N-dealkylation sites (tertiary alicyclic amines) is 1. The van der Waals surface area contributed by atoms with E-state index in [0.29, 0.717) is 36.6 Å². The number of hydrogen-bond acceptors (Lipinski definition) is 2. The molecule has 2 amide bonds. The monoisotopic (exact) mass is 374 g/mol. The molecule has 5 nitrogen and oxygen atoms in total. The van der Waals surface area contributed by atoms with E-state index in [1.54, 1.807) is 23.1 Å². The lowest BCUT2D eigenvalue weighted by Crippen LogP contribution is -2.41. The lowest BCUT2D eigenvalue weighted by atomic mass is 9.94. The zero-order valence-electron chi connectivity index (χ0n) is 11.3. The van der Waals surface area contributed by atoms with E-state index < -0.39 is 5.97 Å². The first-order valence-electron chi connectivity index (χ1n) is 6.68. The predicted octanol–water partition coefficient (Wildman–Crippen LogP) is 3.82. The van der Waals surface area contributed by atoms with E-state index in [4.69, 9.17) is 16.7 Å². The number of urea groups is 1. The van der Waals surface area contributed by atoms with E-state index >= 15 is 0 Å². The molecular formula is C14H16BrClN2O3. The number of rotatable bonds is 3. The van der Waals surface area contributed by atoms with Crippen molar-refractivity contribution < 1.29 is 14.7 Å². The van der Waals surface area contributed by atoms with Crippen molar-refractivity contribution in [2.24, 2.45) is 5.92 Å². The Morgan fingerprint density at radius 2 is 2.05 bits per heavy atom. The van der Waals surface area contributed by atoms with E-state index in [1.807, 2.05) is 0 Å². The number of benzene rings is 1. The van der Waals surface area contributed by atoms with Gasteiger partial charge in [-0.05, 0) is 37.0 Å². The van der Waals surface area contributed by atoms with Crippen LogP contribution in [0.1, 0.15) is 19.3 Å². The molecule has 0 aliphatic carbocycles. The van der Waals surface area contributed by atoms with E-state index in [9.17, 15) is 9.59 Å². The SMILES string of the molecule is O=C(O)CC1CCN(C(=O)Nc2ccc(Br)cc2Cl)CC1. The lowest BCUT2D eigenvalue weighted by molar-refractivity contribution is -0.138. The number of nitrogens with one attached hydrogen (secondary N) is 1. The van der Waals surface area contributed by atoms with Crippen molar-refractivity contribution >= 4 is 45.2 Å². The normalized spacial score (nSPS) is 15.8. The van der Waals surface area contributed by atoms with Crippen molar-refractivity contribution in [3.63, 3.8) is 0 Å². The molecule has 0 spiro atoms. The molecule has 1 saturated heterocycles. The number of carbonyl (C=O) groups is 2. The van der Waals surface area contributed by atoms with E-state index in [0.717, 1.165) is 4.47 Å². The molecule has 1 aliphatic heterocycles. The third-order valence-electron chi connectivity index (χ3n) is 3.54. The van der Waals surface area contributed by atoms with Gasteiger partial charge >= 0.3 is 12.0 Å². The molecule has 1 aliphatic rings. The zero-order chi connectivity index (χ0) is 15.4. The Balaban J connectivity index is 1.89. The number of carboxylic acid groups (broad SMARTS) is 1. The molecule has 1 aromatic carbocycles. The van der Waals surface area contributed by atoms with Gasteiger partial charge in [-0.3, -0.25) is 4.79 Å². The van der Waals surface area contributed by atoms with Gasteiger partial charge in [-0.1, -0.05) is 27.5 Å². The first kappa shape index (κ1) is 16.1. The van der Waals surface area contributed by atoms with Crippen LogP contribution in [0.5, 0.6) is 0 Å². The van der Waals surface area contributed by atoms with Crippen molar-refractivity contribution in [2.45, 2.75) is 19.3 Å². The van der Waals surface area contributed by atoms with Crippen molar-refractivity contribution in [3.05, 3.63) is 27.7 Å². The molecule has 7 heteroatoms. The lowest BCUT2D eigenvalue weighted by Gasteiger charge is -2.31. The van der Waals surface area contributed by atoms with Gasteiger partial charge in [-0.15, -0.1) is 0 Å². The first-order chi connectivity index (χ1) is 9.95. The summed E-state index contributed by atoms with van der Waals surface area (Å²) in [5.41, 5.74) is 0.567. The minimum atomic E-state index is -0.778. The summed E-state index contributed by atoms with van der Waals surface area (Å²) in [7, 11) is 0. The van der Waals surface area contributed by atoms with Crippen LogP contribution in [0.3, 0.4) is 0 Å². The Kier molecular flexibility index (Phi) is 5.47. The maximum atomic E-state index is 12.2. The second-order valence-electron chi connectivity index (χ2n) is 5.08. The average Bonchev–Trinajstić information content (AvgIpc) is 2.42. The summed E-state index contributed by atoms with van der Waals surface area (Å²) in [6.45, 7) is 1.13. The Morgan fingerprint density at radius 1 is 1.38 bits per heavy atom. The second kappa shape index (κ2) is 7.13. The van der Waals surface area contributed by atoms with Gasteiger partial charge in [-0.25, -0.2) is 4.79 Å². The molecule has 114 valence electrons. The number of carbonyl (C=O) groups excluding carboxylic acids is 1. The Labute approximate surface area is 136 Å². The maximum absolute atomic E-state index is 12.2. The van der Waals surface area contributed by atoms with Gasteiger partial charge in [0.1, 0.15) is 0 Å². The maximum Gasteiger partial charge on any atom is 0.321 e. The fourth-order valence-electron chi connectivity index (χ4n) is 2.37. The molecule has 0 aromatic heterocycles. The minimum Gasteiger partial charge on any atom is -0.481 e.